The second kappa shape index (κ2) is 4.19. The summed E-state index contributed by atoms with van der Waals surface area (Å²) in [6, 6.07) is 4.54. The van der Waals surface area contributed by atoms with Crippen molar-refractivity contribution in [3.05, 3.63) is 40.4 Å². The van der Waals surface area contributed by atoms with Gasteiger partial charge in [0, 0.05) is 4.47 Å². The molecule has 1 heterocycles. The third-order valence-electron chi connectivity index (χ3n) is 2.28. The molecule has 1 aromatic carbocycles. The summed E-state index contributed by atoms with van der Waals surface area (Å²) in [5.41, 5.74) is -0.431. The largest absolute Gasteiger partial charge is 0.384 e. The second-order valence-electron chi connectivity index (χ2n) is 4.20. The van der Waals surface area contributed by atoms with Crippen molar-refractivity contribution in [1.82, 2.24) is 15.0 Å². The number of aliphatic hydroxyl groups is 1. The van der Waals surface area contributed by atoms with Gasteiger partial charge in [0.15, 0.2) is 0 Å². The number of hydrogen-bond donors (Lipinski definition) is 1. The Labute approximate surface area is 106 Å². The van der Waals surface area contributed by atoms with Crippen LogP contribution in [0.1, 0.15) is 19.5 Å². The van der Waals surface area contributed by atoms with Gasteiger partial charge in [-0.25, -0.2) is 9.07 Å². The zero-order chi connectivity index (χ0) is 12.6. The molecule has 2 aromatic rings. The lowest BCUT2D eigenvalue weighted by atomic mass is 10.1. The Morgan fingerprint density at radius 2 is 2.12 bits per heavy atom. The van der Waals surface area contributed by atoms with Crippen molar-refractivity contribution < 1.29 is 9.50 Å². The molecule has 0 atom stereocenters. The van der Waals surface area contributed by atoms with Gasteiger partial charge in [0.05, 0.1) is 6.20 Å². The summed E-state index contributed by atoms with van der Waals surface area (Å²) < 4.78 is 15.6. The molecule has 0 unspecified atom stereocenters. The monoisotopic (exact) mass is 299 g/mol. The molecule has 0 aliphatic rings. The van der Waals surface area contributed by atoms with Crippen LogP contribution >= 0.6 is 15.9 Å². The minimum Gasteiger partial charge on any atom is -0.384 e. The first-order valence-corrected chi connectivity index (χ1v) is 5.78. The van der Waals surface area contributed by atoms with Gasteiger partial charge >= 0.3 is 0 Å². The predicted molar refractivity (Wildman–Crippen MR) is 64.3 cm³/mol. The summed E-state index contributed by atoms with van der Waals surface area (Å²) >= 11 is 3.26. The molecule has 0 aliphatic carbocycles. The molecule has 0 bridgehead atoms. The molecular formula is C11H11BrFN3O. The molecule has 0 fully saturated rings. The third kappa shape index (κ3) is 2.53. The Morgan fingerprint density at radius 1 is 1.41 bits per heavy atom. The summed E-state index contributed by atoms with van der Waals surface area (Å²) in [4.78, 5) is 0. The van der Waals surface area contributed by atoms with Crippen LogP contribution in [0.15, 0.2) is 28.9 Å². The molecule has 90 valence electrons. The highest BCUT2D eigenvalue weighted by Gasteiger charge is 2.21. The van der Waals surface area contributed by atoms with Crippen molar-refractivity contribution in [3.63, 3.8) is 0 Å². The van der Waals surface area contributed by atoms with E-state index in [-0.39, 0.29) is 5.69 Å². The molecule has 6 heteroatoms. The van der Waals surface area contributed by atoms with Crippen molar-refractivity contribution >= 4 is 15.9 Å². The van der Waals surface area contributed by atoms with Gasteiger partial charge in [0.25, 0.3) is 0 Å². The maximum absolute atomic E-state index is 13.6. The minimum absolute atomic E-state index is 0.280. The average molecular weight is 300 g/mol. The van der Waals surface area contributed by atoms with Gasteiger partial charge in [-0.2, -0.15) is 0 Å². The van der Waals surface area contributed by atoms with Crippen LogP contribution in [-0.4, -0.2) is 20.1 Å². The first kappa shape index (κ1) is 12.2. The van der Waals surface area contributed by atoms with E-state index in [1.54, 1.807) is 26.0 Å². The summed E-state index contributed by atoms with van der Waals surface area (Å²) in [5.74, 6) is -0.402. The summed E-state index contributed by atoms with van der Waals surface area (Å²) in [6.45, 7) is 3.19. The first-order chi connectivity index (χ1) is 7.88. The van der Waals surface area contributed by atoms with Crippen LogP contribution in [0.5, 0.6) is 0 Å². The van der Waals surface area contributed by atoms with Gasteiger partial charge in [0.2, 0.25) is 0 Å². The van der Waals surface area contributed by atoms with E-state index < -0.39 is 11.4 Å². The Morgan fingerprint density at radius 3 is 2.71 bits per heavy atom. The molecule has 17 heavy (non-hydrogen) atoms. The van der Waals surface area contributed by atoms with Gasteiger partial charge in [-0.05, 0) is 32.0 Å². The standard InChI is InChI=1S/C11H11BrFN3O/c1-11(2,17)10-6-16(15-14-10)9-5-7(12)3-4-8(9)13/h3-6,17H,1-2H3. The molecule has 2 rings (SSSR count). The summed E-state index contributed by atoms with van der Waals surface area (Å²) in [5, 5.41) is 17.4. The van der Waals surface area contributed by atoms with Crippen molar-refractivity contribution in [3.8, 4) is 5.69 Å². The Hall–Kier alpha value is -1.27. The van der Waals surface area contributed by atoms with Gasteiger partial charge in [-0.3, -0.25) is 0 Å². The fraction of sp³-hybridized carbons (Fsp3) is 0.273. The molecule has 0 saturated heterocycles. The number of rotatable bonds is 2. The molecular weight excluding hydrogens is 289 g/mol. The summed E-state index contributed by atoms with van der Waals surface area (Å²) in [6.07, 6.45) is 1.50. The quantitative estimate of drug-likeness (QED) is 0.926. The van der Waals surface area contributed by atoms with Crippen LogP contribution in [0.3, 0.4) is 0 Å². The number of aromatic nitrogens is 3. The summed E-state index contributed by atoms with van der Waals surface area (Å²) in [7, 11) is 0. The van der Waals surface area contributed by atoms with E-state index >= 15 is 0 Å². The first-order valence-electron chi connectivity index (χ1n) is 4.98. The van der Waals surface area contributed by atoms with E-state index in [9.17, 15) is 9.50 Å². The molecule has 0 spiro atoms. The van der Waals surface area contributed by atoms with Crippen LogP contribution in [-0.2, 0) is 5.60 Å². The minimum atomic E-state index is -1.10. The van der Waals surface area contributed by atoms with E-state index in [4.69, 9.17) is 0 Å². The van der Waals surface area contributed by atoms with Crippen LogP contribution in [0.2, 0.25) is 0 Å². The topological polar surface area (TPSA) is 50.9 Å². The average Bonchev–Trinajstić information content (AvgIpc) is 2.70. The highest BCUT2D eigenvalue weighted by Crippen LogP contribution is 2.21. The lowest BCUT2D eigenvalue weighted by Crippen LogP contribution is -2.15. The fourth-order valence-electron chi connectivity index (χ4n) is 1.32. The maximum atomic E-state index is 13.6. The van der Waals surface area contributed by atoms with Crippen molar-refractivity contribution in [1.29, 1.82) is 0 Å². The van der Waals surface area contributed by atoms with Crippen LogP contribution < -0.4 is 0 Å². The van der Waals surface area contributed by atoms with Gasteiger partial charge in [0.1, 0.15) is 22.8 Å². The Bertz CT molecular complexity index is 548. The highest BCUT2D eigenvalue weighted by atomic mass is 79.9. The van der Waals surface area contributed by atoms with E-state index in [0.29, 0.717) is 5.69 Å². The van der Waals surface area contributed by atoms with E-state index in [2.05, 4.69) is 26.2 Å². The maximum Gasteiger partial charge on any atom is 0.148 e. The number of nitrogens with zero attached hydrogens (tertiary/aromatic N) is 3. The molecule has 0 radical (unpaired) electrons. The van der Waals surface area contributed by atoms with Crippen molar-refractivity contribution in [2.24, 2.45) is 0 Å². The molecule has 1 N–H and O–H groups in total. The van der Waals surface area contributed by atoms with Gasteiger partial charge < -0.3 is 5.11 Å². The van der Waals surface area contributed by atoms with Gasteiger partial charge in [-0.1, -0.05) is 21.1 Å². The van der Waals surface area contributed by atoms with Gasteiger partial charge in [-0.15, -0.1) is 5.10 Å². The lowest BCUT2D eigenvalue weighted by Gasteiger charge is -2.11. The second-order valence-corrected chi connectivity index (χ2v) is 5.12. The fourth-order valence-corrected chi connectivity index (χ4v) is 1.67. The molecule has 1 aromatic heterocycles. The van der Waals surface area contributed by atoms with Crippen LogP contribution in [0.25, 0.3) is 5.69 Å². The molecule has 0 aliphatic heterocycles. The number of benzene rings is 1. The normalized spacial score (nSPS) is 11.8. The Balaban J connectivity index is 2.47. The SMILES string of the molecule is CC(C)(O)c1cn(-c2cc(Br)ccc2F)nn1. The third-order valence-corrected chi connectivity index (χ3v) is 2.77. The van der Waals surface area contributed by atoms with E-state index in [0.717, 1.165) is 4.47 Å². The number of hydrogen-bond acceptors (Lipinski definition) is 3. The smallest absolute Gasteiger partial charge is 0.148 e. The highest BCUT2D eigenvalue weighted by molar-refractivity contribution is 9.10. The van der Waals surface area contributed by atoms with Crippen LogP contribution in [0, 0.1) is 5.82 Å². The Kier molecular flexibility index (Phi) is 3.01. The number of halogens is 2. The lowest BCUT2D eigenvalue weighted by molar-refractivity contribution is 0.0737. The molecule has 0 saturated carbocycles. The predicted octanol–water partition coefficient (Wildman–Crippen LogP) is 2.40. The zero-order valence-corrected chi connectivity index (χ0v) is 10.9. The van der Waals surface area contributed by atoms with Crippen molar-refractivity contribution in [2.75, 3.05) is 0 Å². The molecule has 4 nitrogen and oxygen atoms in total. The van der Waals surface area contributed by atoms with Crippen molar-refractivity contribution in [2.45, 2.75) is 19.4 Å². The van der Waals surface area contributed by atoms with Crippen LogP contribution in [0.4, 0.5) is 4.39 Å². The van der Waals surface area contributed by atoms with E-state index in [1.165, 1.54) is 16.9 Å². The zero-order valence-electron chi connectivity index (χ0n) is 9.35. The van der Waals surface area contributed by atoms with E-state index in [1.807, 2.05) is 0 Å². The molecule has 0 amide bonds.